The Morgan fingerprint density at radius 2 is 1.41 bits per heavy atom. The average Bonchev–Trinajstić information content (AvgIpc) is 2.81. The molecule has 190 valence electrons. The minimum absolute atomic E-state index is 0.214. The number of hydrogen-bond donors (Lipinski definition) is 1. The highest BCUT2D eigenvalue weighted by atomic mass is 32.2. The number of aryl methyl sites for hydroxylation is 1. The number of phenolic OH excluding ortho intramolecular Hbond substituents is 1. The van der Waals surface area contributed by atoms with Gasteiger partial charge in [-0.05, 0) is 105 Å². The van der Waals surface area contributed by atoms with Crippen molar-refractivity contribution < 1.29 is 14.6 Å². The van der Waals surface area contributed by atoms with Crippen molar-refractivity contribution in [1.82, 2.24) is 0 Å². The van der Waals surface area contributed by atoms with Crippen molar-refractivity contribution in [2.75, 3.05) is 5.75 Å². The number of terminal acetylenes is 1. The maximum Gasteiger partial charge on any atom is 0.306 e. The van der Waals surface area contributed by atoms with Gasteiger partial charge in [-0.1, -0.05) is 72.4 Å². The van der Waals surface area contributed by atoms with Crippen LogP contribution in [0.4, 0.5) is 0 Å². The second-order valence-electron chi connectivity index (χ2n) is 10.2. The lowest BCUT2D eigenvalue weighted by atomic mass is 9.78. The maximum absolute atomic E-state index is 12.6. The van der Waals surface area contributed by atoms with E-state index in [1.54, 1.807) is 0 Å². The Balaban J connectivity index is 2.69. The van der Waals surface area contributed by atoms with Crippen LogP contribution >= 0.6 is 11.8 Å². The van der Waals surface area contributed by atoms with E-state index in [1.807, 2.05) is 19.1 Å². The normalized spacial score (nSPS) is 10.6. The Morgan fingerprint density at radius 1 is 0.919 bits per heavy atom. The van der Waals surface area contributed by atoms with Crippen molar-refractivity contribution in [3.63, 3.8) is 0 Å². The van der Waals surface area contributed by atoms with E-state index >= 15 is 0 Å². The van der Waals surface area contributed by atoms with Crippen molar-refractivity contribution in [3.8, 4) is 76.6 Å². The van der Waals surface area contributed by atoms with Gasteiger partial charge < -0.3 is 9.84 Å². The zero-order chi connectivity index (χ0) is 27.9. The van der Waals surface area contributed by atoms with E-state index in [1.165, 1.54) is 11.8 Å². The van der Waals surface area contributed by atoms with Crippen LogP contribution in [-0.4, -0.2) is 22.9 Å². The first kappa shape index (κ1) is 31.2. The molecular weight excluding hydrogens is 476 g/mol. The molecule has 0 aliphatic carbocycles. The minimum atomic E-state index is -0.244. The Morgan fingerprint density at radius 3 is 1.86 bits per heavy atom. The van der Waals surface area contributed by atoms with Crippen LogP contribution in [0.25, 0.3) is 0 Å². The Hall–Kier alpha value is -3.80. The first-order chi connectivity index (χ1) is 17.4. The topological polar surface area (TPSA) is 46.5 Å². The number of phenols is 1. The van der Waals surface area contributed by atoms with Crippen LogP contribution in [0.3, 0.4) is 0 Å². The van der Waals surface area contributed by atoms with Crippen molar-refractivity contribution in [2.24, 2.45) is 0 Å². The first-order valence-electron chi connectivity index (χ1n) is 12.0. The molecule has 0 aliphatic heterocycles. The predicted molar refractivity (Wildman–Crippen MR) is 154 cm³/mol. The fraction of sp³-hybridized carbons (Fsp3) is 0.424. The highest BCUT2D eigenvalue weighted by molar-refractivity contribution is 8.03. The number of benzene rings is 1. The van der Waals surface area contributed by atoms with E-state index in [0.717, 1.165) is 16.7 Å². The summed E-state index contributed by atoms with van der Waals surface area (Å²) in [5.74, 6) is 25.6. The molecule has 0 aliphatic rings. The van der Waals surface area contributed by atoms with E-state index in [-0.39, 0.29) is 29.3 Å². The Kier molecular flexibility index (Phi) is 12.9. The van der Waals surface area contributed by atoms with Gasteiger partial charge >= 0.3 is 5.97 Å². The van der Waals surface area contributed by atoms with E-state index in [9.17, 15) is 9.90 Å². The third kappa shape index (κ3) is 12.1. The predicted octanol–water partition coefficient (Wildman–Crippen LogP) is 5.58. The number of ether oxygens (including phenoxy) is 1. The van der Waals surface area contributed by atoms with E-state index in [2.05, 4.69) is 106 Å². The summed E-state index contributed by atoms with van der Waals surface area (Å²) in [6.07, 6.45) is 6.26. The van der Waals surface area contributed by atoms with Crippen LogP contribution in [0.5, 0.6) is 5.75 Å². The van der Waals surface area contributed by atoms with Gasteiger partial charge in [0.15, 0.2) is 0 Å². The molecule has 0 heterocycles. The average molecular weight is 511 g/mol. The fourth-order valence-electron chi connectivity index (χ4n) is 3.16. The van der Waals surface area contributed by atoms with Crippen LogP contribution in [0, 0.1) is 70.9 Å². The van der Waals surface area contributed by atoms with Gasteiger partial charge in [0, 0.05) is 12.2 Å². The highest BCUT2D eigenvalue weighted by Crippen LogP contribution is 2.40. The van der Waals surface area contributed by atoms with Crippen molar-refractivity contribution in [1.29, 1.82) is 0 Å². The molecule has 0 bridgehead atoms. The van der Waals surface area contributed by atoms with Crippen LogP contribution < -0.4 is 0 Å². The molecule has 0 aromatic heterocycles. The van der Waals surface area contributed by atoms with Gasteiger partial charge in [-0.15, -0.1) is 6.42 Å². The summed E-state index contributed by atoms with van der Waals surface area (Å²) in [6.45, 7) is 14.4. The molecule has 1 unspecified atom stereocenters. The zero-order valence-electron chi connectivity index (χ0n) is 22.8. The lowest BCUT2D eigenvalue weighted by Crippen LogP contribution is -2.20. The molecule has 0 saturated carbocycles. The molecule has 1 aromatic rings. The van der Waals surface area contributed by atoms with Gasteiger partial charge in [0.05, 0.1) is 0 Å². The zero-order valence-corrected chi connectivity index (χ0v) is 23.6. The van der Waals surface area contributed by atoms with Crippen LogP contribution in [-0.2, 0) is 26.8 Å². The van der Waals surface area contributed by atoms with Gasteiger partial charge in [-0.2, -0.15) is 0 Å². The number of esters is 1. The summed E-state index contributed by atoms with van der Waals surface area (Å²) in [5.41, 5.74) is 2.37. The monoisotopic (exact) mass is 510 g/mol. The molecular formula is C33H34O3S. The first-order valence-corrected chi connectivity index (χ1v) is 13.0. The SMILES string of the molecule is C#CC#CC#CC#CC#CC#CSCC(CC)OC(=O)CCc1cc(C(C)(C)C)c(O)c(C(C)(C)C)c1. The second kappa shape index (κ2) is 15.3. The van der Waals surface area contributed by atoms with Gasteiger partial charge in [0.2, 0.25) is 0 Å². The molecule has 0 saturated heterocycles. The summed E-state index contributed by atoms with van der Waals surface area (Å²) in [6, 6.07) is 4.01. The molecule has 1 N–H and O–H groups in total. The molecule has 1 rings (SSSR count). The molecule has 1 aromatic carbocycles. The molecule has 37 heavy (non-hydrogen) atoms. The smallest absolute Gasteiger partial charge is 0.306 e. The third-order valence-electron chi connectivity index (χ3n) is 5.12. The van der Waals surface area contributed by atoms with Crippen molar-refractivity contribution in [3.05, 3.63) is 28.8 Å². The summed E-state index contributed by atoms with van der Waals surface area (Å²) in [7, 11) is 0. The molecule has 0 amide bonds. The molecule has 0 radical (unpaired) electrons. The molecule has 4 heteroatoms. The molecule has 1 atom stereocenters. The number of carbonyl (C=O) groups excluding carboxylic acids is 1. The Labute approximate surface area is 227 Å². The third-order valence-corrected chi connectivity index (χ3v) is 5.91. The number of rotatable bonds is 7. The van der Waals surface area contributed by atoms with Crippen molar-refractivity contribution >= 4 is 17.7 Å². The van der Waals surface area contributed by atoms with Gasteiger partial charge in [0.25, 0.3) is 0 Å². The van der Waals surface area contributed by atoms with Crippen LogP contribution in [0.15, 0.2) is 12.1 Å². The van der Waals surface area contributed by atoms with Crippen LogP contribution in [0.1, 0.15) is 78.0 Å². The highest BCUT2D eigenvalue weighted by Gasteiger charge is 2.26. The van der Waals surface area contributed by atoms with Crippen molar-refractivity contribution in [2.45, 2.75) is 84.7 Å². The summed E-state index contributed by atoms with van der Waals surface area (Å²) in [5, 5.41) is 13.8. The summed E-state index contributed by atoms with van der Waals surface area (Å²) in [4.78, 5) is 12.6. The van der Waals surface area contributed by atoms with Gasteiger partial charge in [0.1, 0.15) is 11.9 Å². The van der Waals surface area contributed by atoms with Gasteiger partial charge in [-0.25, -0.2) is 0 Å². The van der Waals surface area contributed by atoms with E-state index in [4.69, 9.17) is 11.2 Å². The lowest BCUT2D eigenvalue weighted by molar-refractivity contribution is -0.148. The number of carbonyl (C=O) groups is 1. The second-order valence-corrected chi connectivity index (χ2v) is 11.1. The Bertz CT molecular complexity index is 1290. The minimum Gasteiger partial charge on any atom is -0.507 e. The molecule has 3 nitrogen and oxygen atoms in total. The fourth-order valence-corrected chi connectivity index (χ4v) is 3.86. The van der Waals surface area contributed by atoms with Gasteiger partial charge in [-0.3, -0.25) is 4.79 Å². The van der Waals surface area contributed by atoms with E-state index < -0.39 is 0 Å². The molecule has 0 fully saturated rings. The number of hydrogen-bond acceptors (Lipinski definition) is 4. The van der Waals surface area contributed by atoms with E-state index in [0.29, 0.717) is 24.3 Å². The van der Waals surface area contributed by atoms with Crippen LogP contribution in [0.2, 0.25) is 0 Å². The number of thioether (sulfide) groups is 1. The summed E-state index contributed by atoms with van der Waals surface area (Å²) < 4.78 is 5.67. The standard InChI is InChI=1S/C33H34O3S/c1-9-11-12-13-14-15-16-17-18-19-22-37-25-27(10-2)36-30(34)21-20-26-23-28(32(3,4)5)31(35)29(24-26)33(6,7)8/h1,23-24,27,35H,10,20-21,25H2,2-8H3. The molecule has 0 spiro atoms. The quantitative estimate of drug-likeness (QED) is 0.384. The number of aromatic hydroxyl groups is 1. The maximum atomic E-state index is 12.6. The largest absolute Gasteiger partial charge is 0.507 e. The summed E-state index contributed by atoms with van der Waals surface area (Å²) >= 11 is 1.35. The lowest BCUT2D eigenvalue weighted by Gasteiger charge is -2.28.